The van der Waals surface area contributed by atoms with Gasteiger partial charge in [-0.2, -0.15) is 5.26 Å². The van der Waals surface area contributed by atoms with Crippen LogP contribution in [0.2, 0.25) is 5.02 Å². The second-order valence-corrected chi connectivity index (χ2v) is 6.14. The Balaban J connectivity index is 2.09. The van der Waals surface area contributed by atoms with Crippen LogP contribution in [0.5, 0.6) is 0 Å². The minimum absolute atomic E-state index is 0.0221. The molecule has 1 aliphatic rings. The van der Waals surface area contributed by atoms with Crippen molar-refractivity contribution in [2.24, 2.45) is 5.73 Å². The average molecular weight is 366 g/mol. The third-order valence-corrected chi connectivity index (χ3v) is 4.44. The summed E-state index contributed by atoms with van der Waals surface area (Å²) in [6.45, 7) is 1.64. The number of para-hydroxylation sites is 1. The van der Waals surface area contributed by atoms with E-state index in [9.17, 15) is 10.1 Å². The second-order valence-electron chi connectivity index (χ2n) is 5.74. The van der Waals surface area contributed by atoms with E-state index in [1.54, 1.807) is 43.3 Å². The van der Waals surface area contributed by atoms with Gasteiger partial charge in [0.1, 0.15) is 17.4 Å². The molecule has 6 heteroatoms. The summed E-state index contributed by atoms with van der Waals surface area (Å²) in [5.74, 6) is -0.768. The number of halogens is 1. The number of amides is 1. The van der Waals surface area contributed by atoms with Crippen LogP contribution in [-0.2, 0) is 9.53 Å². The zero-order chi connectivity index (χ0) is 18.7. The fraction of sp³-hybridized carbons (Fsp3) is 0.100. The molecule has 0 saturated heterocycles. The van der Waals surface area contributed by atoms with E-state index in [1.807, 2.05) is 18.2 Å². The molecule has 1 heterocycles. The van der Waals surface area contributed by atoms with Crippen molar-refractivity contribution in [1.29, 1.82) is 5.26 Å². The largest absolute Gasteiger partial charge is 0.445 e. The highest BCUT2D eigenvalue weighted by Gasteiger charge is 2.36. The molecule has 1 atom stereocenters. The van der Waals surface area contributed by atoms with Crippen molar-refractivity contribution in [3.63, 3.8) is 0 Å². The predicted molar refractivity (Wildman–Crippen MR) is 99.9 cm³/mol. The molecule has 2 aromatic carbocycles. The van der Waals surface area contributed by atoms with Crippen LogP contribution >= 0.6 is 11.6 Å². The molecule has 0 spiro atoms. The summed E-state index contributed by atoms with van der Waals surface area (Å²) < 4.78 is 5.46. The first-order valence-electron chi connectivity index (χ1n) is 7.92. The van der Waals surface area contributed by atoms with Crippen LogP contribution in [0.3, 0.4) is 0 Å². The van der Waals surface area contributed by atoms with Crippen molar-refractivity contribution in [2.75, 3.05) is 5.32 Å². The summed E-state index contributed by atoms with van der Waals surface area (Å²) in [6.07, 6.45) is 0. The van der Waals surface area contributed by atoms with Crippen LogP contribution < -0.4 is 11.1 Å². The summed E-state index contributed by atoms with van der Waals surface area (Å²) in [5.41, 5.74) is 7.61. The van der Waals surface area contributed by atoms with Gasteiger partial charge in [-0.15, -0.1) is 0 Å². The average Bonchev–Trinajstić information content (AvgIpc) is 2.62. The van der Waals surface area contributed by atoms with E-state index < -0.39 is 5.92 Å². The van der Waals surface area contributed by atoms with Gasteiger partial charge in [0.05, 0.1) is 11.5 Å². The number of nitrogens with one attached hydrogen (secondary N) is 1. The number of anilines is 1. The smallest absolute Gasteiger partial charge is 0.255 e. The van der Waals surface area contributed by atoms with E-state index in [1.165, 1.54) is 0 Å². The number of nitrogens with two attached hydrogens (primary N) is 1. The van der Waals surface area contributed by atoms with Crippen molar-refractivity contribution in [3.05, 3.63) is 88.0 Å². The first kappa shape index (κ1) is 17.6. The van der Waals surface area contributed by atoms with Gasteiger partial charge < -0.3 is 15.8 Å². The molecule has 0 radical (unpaired) electrons. The van der Waals surface area contributed by atoms with E-state index in [0.29, 0.717) is 27.6 Å². The van der Waals surface area contributed by atoms with E-state index in [0.717, 1.165) is 0 Å². The maximum atomic E-state index is 13.0. The number of nitriles is 1. The number of nitrogens with zero attached hydrogens (tertiary/aromatic N) is 1. The molecule has 2 aromatic rings. The minimum Gasteiger partial charge on any atom is -0.445 e. The lowest BCUT2D eigenvalue weighted by Crippen LogP contribution is -2.28. The summed E-state index contributed by atoms with van der Waals surface area (Å²) in [6, 6.07) is 18.2. The van der Waals surface area contributed by atoms with Crippen LogP contribution in [0.25, 0.3) is 0 Å². The number of ether oxygens (including phenoxy) is 1. The molecule has 130 valence electrons. The van der Waals surface area contributed by atoms with Gasteiger partial charge in [0, 0.05) is 10.7 Å². The third kappa shape index (κ3) is 3.28. The van der Waals surface area contributed by atoms with Gasteiger partial charge in [-0.25, -0.2) is 0 Å². The Kier molecular flexibility index (Phi) is 4.97. The molecule has 0 bridgehead atoms. The highest BCUT2D eigenvalue weighted by atomic mass is 35.5. The Hall–Kier alpha value is -3.23. The lowest BCUT2D eigenvalue weighted by Gasteiger charge is -2.28. The highest BCUT2D eigenvalue weighted by molar-refractivity contribution is 6.31. The fourth-order valence-corrected chi connectivity index (χ4v) is 3.16. The summed E-state index contributed by atoms with van der Waals surface area (Å²) >= 11 is 6.34. The molecule has 1 aliphatic heterocycles. The first-order valence-corrected chi connectivity index (χ1v) is 8.30. The van der Waals surface area contributed by atoms with E-state index in [4.69, 9.17) is 22.1 Å². The van der Waals surface area contributed by atoms with Crippen LogP contribution in [0.1, 0.15) is 18.4 Å². The van der Waals surface area contributed by atoms with Crippen molar-refractivity contribution in [3.8, 4) is 6.07 Å². The molecular weight excluding hydrogens is 350 g/mol. The number of hydrogen-bond acceptors (Lipinski definition) is 4. The molecule has 5 nitrogen and oxygen atoms in total. The number of allylic oxidation sites excluding steroid dienone is 2. The zero-order valence-corrected chi connectivity index (χ0v) is 14.7. The maximum absolute atomic E-state index is 13.0. The molecule has 3 rings (SSSR count). The monoisotopic (exact) mass is 365 g/mol. The zero-order valence-electron chi connectivity index (χ0n) is 14.0. The van der Waals surface area contributed by atoms with Crippen LogP contribution in [0, 0.1) is 11.3 Å². The lowest BCUT2D eigenvalue weighted by molar-refractivity contribution is -0.113. The summed E-state index contributed by atoms with van der Waals surface area (Å²) in [4.78, 5) is 13.0. The number of hydrogen-bond donors (Lipinski definition) is 2. The quantitative estimate of drug-likeness (QED) is 0.858. The van der Waals surface area contributed by atoms with Gasteiger partial charge in [0.15, 0.2) is 0 Å². The summed E-state index contributed by atoms with van der Waals surface area (Å²) in [7, 11) is 0. The fourth-order valence-electron chi connectivity index (χ4n) is 2.92. The lowest BCUT2D eigenvalue weighted by atomic mass is 9.82. The Morgan fingerprint density at radius 1 is 1.19 bits per heavy atom. The molecule has 0 unspecified atom stereocenters. The summed E-state index contributed by atoms with van der Waals surface area (Å²) in [5, 5.41) is 12.9. The first-order chi connectivity index (χ1) is 12.5. The molecule has 26 heavy (non-hydrogen) atoms. The maximum Gasteiger partial charge on any atom is 0.255 e. The molecule has 0 saturated carbocycles. The Labute approximate surface area is 156 Å². The Morgan fingerprint density at radius 2 is 1.85 bits per heavy atom. The Morgan fingerprint density at radius 3 is 2.50 bits per heavy atom. The minimum atomic E-state index is -0.703. The van der Waals surface area contributed by atoms with Gasteiger partial charge in [-0.05, 0) is 30.7 Å². The van der Waals surface area contributed by atoms with Crippen LogP contribution in [0.4, 0.5) is 5.69 Å². The predicted octanol–water partition coefficient (Wildman–Crippen LogP) is 4.06. The van der Waals surface area contributed by atoms with Gasteiger partial charge in [0.25, 0.3) is 5.91 Å². The van der Waals surface area contributed by atoms with Crippen LogP contribution in [0.15, 0.2) is 77.4 Å². The normalized spacial score (nSPS) is 16.7. The van der Waals surface area contributed by atoms with Gasteiger partial charge in [-0.3, -0.25) is 4.79 Å². The van der Waals surface area contributed by atoms with Crippen molar-refractivity contribution in [1.82, 2.24) is 0 Å². The molecule has 0 aromatic heterocycles. The van der Waals surface area contributed by atoms with E-state index in [2.05, 4.69) is 11.4 Å². The third-order valence-electron chi connectivity index (χ3n) is 4.10. The van der Waals surface area contributed by atoms with E-state index in [-0.39, 0.29) is 17.4 Å². The van der Waals surface area contributed by atoms with Crippen molar-refractivity contribution < 1.29 is 9.53 Å². The van der Waals surface area contributed by atoms with E-state index >= 15 is 0 Å². The van der Waals surface area contributed by atoms with Gasteiger partial charge >= 0.3 is 0 Å². The second kappa shape index (κ2) is 7.34. The number of carbonyl (C=O) groups is 1. The molecule has 1 amide bonds. The standard InChI is InChI=1S/C20H16ClN3O2/c1-12-17(20(25)24-13-7-3-2-4-8-13)18(15(11-22)19(23)26-12)14-9-5-6-10-16(14)21/h2-10,18H,23H2,1H3,(H,24,25)/t18-/m0/s1. The number of rotatable bonds is 3. The van der Waals surface area contributed by atoms with Crippen LogP contribution in [-0.4, -0.2) is 5.91 Å². The number of benzene rings is 2. The van der Waals surface area contributed by atoms with Crippen molar-refractivity contribution in [2.45, 2.75) is 12.8 Å². The topological polar surface area (TPSA) is 88.1 Å². The Bertz CT molecular complexity index is 959. The molecule has 0 fully saturated rings. The number of carbonyl (C=O) groups excluding carboxylic acids is 1. The molecular formula is C20H16ClN3O2. The van der Waals surface area contributed by atoms with Gasteiger partial charge in [0.2, 0.25) is 5.88 Å². The van der Waals surface area contributed by atoms with Gasteiger partial charge in [-0.1, -0.05) is 48.0 Å². The van der Waals surface area contributed by atoms with Crippen molar-refractivity contribution >= 4 is 23.2 Å². The molecule has 0 aliphatic carbocycles. The highest BCUT2D eigenvalue weighted by Crippen LogP contribution is 2.41. The molecule has 3 N–H and O–H groups in total. The SMILES string of the molecule is CC1=C(C(=O)Nc2ccccc2)[C@@H](c2ccccc2Cl)C(C#N)=C(N)O1.